The van der Waals surface area contributed by atoms with Crippen LogP contribution in [0.25, 0.3) is 0 Å². The molecule has 0 aliphatic carbocycles. The molecule has 0 saturated carbocycles. The first-order valence-electron chi connectivity index (χ1n) is 4.48. The Hall–Kier alpha value is -1.91. The number of rotatable bonds is 3. The highest BCUT2D eigenvalue weighted by molar-refractivity contribution is 5.94. The predicted octanol–water partition coefficient (Wildman–Crippen LogP) is -0.0527. The minimum Gasteiger partial charge on any atom is -0.368 e. The molecule has 80 valence electrons. The average Bonchev–Trinajstić information content (AvgIpc) is 2.15. The standard InChI is InChI=1S/C10H13N3O2/c1-7-4-3-5-8(12-7)10(15)13(2)6-9(11)14/h3-5H,6H2,1-2H3,(H2,11,14). The second-order valence-electron chi connectivity index (χ2n) is 3.29. The number of amides is 2. The van der Waals surface area contributed by atoms with Crippen LogP contribution in [0.15, 0.2) is 18.2 Å². The van der Waals surface area contributed by atoms with Gasteiger partial charge < -0.3 is 10.6 Å². The smallest absolute Gasteiger partial charge is 0.272 e. The summed E-state index contributed by atoms with van der Waals surface area (Å²) in [7, 11) is 1.51. The van der Waals surface area contributed by atoms with E-state index in [-0.39, 0.29) is 12.5 Å². The molecule has 2 N–H and O–H groups in total. The molecule has 2 amide bonds. The fourth-order valence-corrected chi connectivity index (χ4v) is 1.16. The lowest BCUT2D eigenvalue weighted by Crippen LogP contribution is -2.35. The summed E-state index contributed by atoms with van der Waals surface area (Å²) in [4.78, 5) is 27.6. The number of primary amides is 1. The van der Waals surface area contributed by atoms with Gasteiger partial charge in [0.1, 0.15) is 5.69 Å². The van der Waals surface area contributed by atoms with E-state index in [9.17, 15) is 9.59 Å². The lowest BCUT2D eigenvalue weighted by Gasteiger charge is -2.14. The van der Waals surface area contributed by atoms with Gasteiger partial charge in [0.15, 0.2) is 0 Å². The van der Waals surface area contributed by atoms with Crippen molar-refractivity contribution in [2.24, 2.45) is 5.73 Å². The summed E-state index contributed by atoms with van der Waals surface area (Å²) in [6, 6.07) is 5.14. The van der Waals surface area contributed by atoms with E-state index in [1.54, 1.807) is 25.1 Å². The van der Waals surface area contributed by atoms with Gasteiger partial charge in [-0.05, 0) is 19.1 Å². The van der Waals surface area contributed by atoms with Crippen molar-refractivity contribution in [3.05, 3.63) is 29.6 Å². The van der Waals surface area contributed by atoms with Gasteiger partial charge in [-0.3, -0.25) is 9.59 Å². The Morgan fingerprint density at radius 2 is 2.13 bits per heavy atom. The van der Waals surface area contributed by atoms with E-state index >= 15 is 0 Å². The highest BCUT2D eigenvalue weighted by atomic mass is 16.2. The number of nitrogens with two attached hydrogens (primary N) is 1. The topological polar surface area (TPSA) is 76.3 Å². The van der Waals surface area contributed by atoms with Crippen LogP contribution in [0.1, 0.15) is 16.2 Å². The van der Waals surface area contributed by atoms with Crippen LogP contribution in [0, 0.1) is 6.92 Å². The molecule has 0 atom stereocenters. The normalized spacial score (nSPS) is 9.73. The number of nitrogens with zero attached hydrogens (tertiary/aromatic N) is 2. The molecule has 5 nitrogen and oxygen atoms in total. The minimum atomic E-state index is -0.543. The molecule has 1 heterocycles. The third kappa shape index (κ3) is 3.05. The van der Waals surface area contributed by atoms with Gasteiger partial charge in [-0.25, -0.2) is 4.98 Å². The summed E-state index contributed by atoms with van der Waals surface area (Å²) in [5, 5.41) is 0. The zero-order valence-corrected chi connectivity index (χ0v) is 8.73. The van der Waals surface area contributed by atoms with E-state index < -0.39 is 5.91 Å². The van der Waals surface area contributed by atoms with Gasteiger partial charge in [0.2, 0.25) is 5.91 Å². The van der Waals surface area contributed by atoms with Crippen molar-refractivity contribution in [3.8, 4) is 0 Å². The summed E-state index contributed by atoms with van der Waals surface area (Å²) < 4.78 is 0. The Bertz CT molecular complexity index is 390. The predicted molar refractivity (Wildman–Crippen MR) is 55.1 cm³/mol. The van der Waals surface area contributed by atoms with Crippen LogP contribution in [0.3, 0.4) is 0 Å². The molecule has 0 unspecified atom stereocenters. The number of aromatic nitrogens is 1. The largest absolute Gasteiger partial charge is 0.368 e. The van der Waals surface area contributed by atoms with Crippen LogP contribution in [-0.2, 0) is 4.79 Å². The van der Waals surface area contributed by atoms with Crippen molar-refractivity contribution in [2.45, 2.75) is 6.92 Å². The monoisotopic (exact) mass is 207 g/mol. The molecule has 0 spiro atoms. The molecular formula is C10H13N3O2. The Balaban J connectivity index is 2.80. The number of pyridine rings is 1. The Morgan fingerprint density at radius 3 is 2.67 bits per heavy atom. The lowest BCUT2D eigenvalue weighted by atomic mass is 10.3. The van der Waals surface area contributed by atoms with E-state index in [4.69, 9.17) is 5.73 Å². The third-order valence-electron chi connectivity index (χ3n) is 1.85. The fraction of sp³-hybridized carbons (Fsp3) is 0.300. The highest BCUT2D eigenvalue weighted by Gasteiger charge is 2.14. The molecule has 1 rings (SSSR count). The van der Waals surface area contributed by atoms with E-state index in [2.05, 4.69) is 4.98 Å². The van der Waals surface area contributed by atoms with Crippen LogP contribution in [0.2, 0.25) is 0 Å². The number of hydrogen-bond donors (Lipinski definition) is 1. The summed E-state index contributed by atoms with van der Waals surface area (Å²) in [5.74, 6) is -0.851. The number of carbonyl (C=O) groups is 2. The highest BCUT2D eigenvalue weighted by Crippen LogP contribution is 2.01. The van der Waals surface area contributed by atoms with Gasteiger partial charge in [-0.15, -0.1) is 0 Å². The molecule has 0 aromatic carbocycles. The van der Waals surface area contributed by atoms with Gasteiger partial charge in [0.25, 0.3) is 5.91 Å². The van der Waals surface area contributed by atoms with E-state index in [1.807, 2.05) is 0 Å². The number of likely N-dealkylation sites (N-methyl/N-ethyl adjacent to an activating group) is 1. The fourth-order valence-electron chi connectivity index (χ4n) is 1.16. The first-order chi connectivity index (χ1) is 7.00. The molecule has 0 bridgehead atoms. The third-order valence-corrected chi connectivity index (χ3v) is 1.85. The molecule has 5 heteroatoms. The van der Waals surface area contributed by atoms with Gasteiger partial charge in [-0.1, -0.05) is 6.07 Å². The summed E-state index contributed by atoms with van der Waals surface area (Å²) in [6.45, 7) is 1.69. The van der Waals surface area contributed by atoms with Gasteiger partial charge in [-0.2, -0.15) is 0 Å². The summed E-state index contributed by atoms with van der Waals surface area (Å²) in [5.41, 5.74) is 6.06. The van der Waals surface area contributed by atoms with Crippen LogP contribution in [0.4, 0.5) is 0 Å². The van der Waals surface area contributed by atoms with Gasteiger partial charge in [0.05, 0.1) is 6.54 Å². The number of carbonyl (C=O) groups excluding carboxylic acids is 2. The van der Waals surface area contributed by atoms with Crippen molar-refractivity contribution in [1.82, 2.24) is 9.88 Å². The van der Waals surface area contributed by atoms with Crippen LogP contribution in [0.5, 0.6) is 0 Å². The van der Waals surface area contributed by atoms with Gasteiger partial charge in [0, 0.05) is 12.7 Å². The molecular weight excluding hydrogens is 194 g/mol. The molecule has 1 aromatic rings. The van der Waals surface area contributed by atoms with Crippen molar-refractivity contribution in [1.29, 1.82) is 0 Å². The molecule has 0 radical (unpaired) electrons. The molecule has 0 aliphatic heterocycles. The first-order valence-corrected chi connectivity index (χ1v) is 4.48. The Labute approximate surface area is 87.9 Å². The molecule has 0 saturated heterocycles. The van der Waals surface area contributed by atoms with Crippen molar-refractivity contribution in [2.75, 3.05) is 13.6 Å². The van der Waals surface area contributed by atoms with Crippen molar-refractivity contribution >= 4 is 11.8 Å². The van der Waals surface area contributed by atoms with Crippen molar-refractivity contribution in [3.63, 3.8) is 0 Å². The summed E-state index contributed by atoms with van der Waals surface area (Å²) in [6.07, 6.45) is 0. The molecule has 0 fully saturated rings. The van der Waals surface area contributed by atoms with E-state index in [0.717, 1.165) is 5.69 Å². The lowest BCUT2D eigenvalue weighted by molar-refractivity contribution is -0.118. The second-order valence-corrected chi connectivity index (χ2v) is 3.29. The summed E-state index contributed by atoms with van der Waals surface area (Å²) >= 11 is 0. The van der Waals surface area contributed by atoms with Crippen molar-refractivity contribution < 1.29 is 9.59 Å². The first kappa shape index (κ1) is 11.2. The van der Waals surface area contributed by atoms with E-state index in [0.29, 0.717) is 5.69 Å². The Kier molecular flexibility index (Phi) is 3.38. The minimum absolute atomic E-state index is 0.103. The SMILES string of the molecule is Cc1cccc(C(=O)N(C)CC(N)=O)n1. The van der Waals surface area contributed by atoms with E-state index in [1.165, 1.54) is 11.9 Å². The Morgan fingerprint density at radius 1 is 1.47 bits per heavy atom. The molecule has 0 aliphatic rings. The average molecular weight is 207 g/mol. The maximum atomic E-state index is 11.7. The maximum Gasteiger partial charge on any atom is 0.272 e. The zero-order valence-electron chi connectivity index (χ0n) is 8.73. The maximum absolute atomic E-state index is 11.7. The van der Waals surface area contributed by atoms with Crippen LogP contribution in [-0.4, -0.2) is 35.3 Å². The quantitative estimate of drug-likeness (QED) is 0.754. The zero-order chi connectivity index (χ0) is 11.4. The second kappa shape index (κ2) is 4.54. The van der Waals surface area contributed by atoms with Crippen LogP contribution < -0.4 is 5.73 Å². The molecule has 15 heavy (non-hydrogen) atoms. The molecule has 1 aromatic heterocycles. The van der Waals surface area contributed by atoms with Gasteiger partial charge >= 0.3 is 0 Å². The number of hydrogen-bond acceptors (Lipinski definition) is 3. The van der Waals surface area contributed by atoms with Crippen LogP contribution >= 0.6 is 0 Å². The number of aryl methyl sites for hydroxylation is 1.